The van der Waals surface area contributed by atoms with Crippen LogP contribution < -0.4 is 0 Å². The third-order valence-corrected chi connectivity index (χ3v) is 12.6. The third kappa shape index (κ3) is 60.2. The van der Waals surface area contributed by atoms with Crippen LogP contribution in [0.25, 0.3) is 0 Å². The third-order valence-electron chi connectivity index (χ3n) is 12.6. The van der Waals surface area contributed by atoms with Crippen molar-refractivity contribution in [1.29, 1.82) is 0 Å². The van der Waals surface area contributed by atoms with Gasteiger partial charge in [0, 0.05) is 19.3 Å². The average Bonchev–Trinajstić information content (AvgIpc) is 3.42. The summed E-state index contributed by atoms with van der Waals surface area (Å²) < 4.78 is 16.8. The summed E-state index contributed by atoms with van der Waals surface area (Å²) in [5.74, 6) is -0.990. The summed E-state index contributed by atoms with van der Waals surface area (Å²) in [6.45, 7) is 6.35. The zero-order chi connectivity index (χ0) is 55.0. The minimum Gasteiger partial charge on any atom is -0.462 e. The molecule has 0 rings (SSSR count). The first-order chi connectivity index (χ1) is 37.5. The van der Waals surface area contributed by atoms with Crippen molar-refractivity contribution < 1.29 is 28.6 Å². The van der Waals surface area contributed by atoms with Crippen LogP contribution >= 0.6 is 0 Å². The molecule has 0 fully saturated rings. The summed E-state index contributed by atoms with van der Waals surface area (Å²) >= 11 is 0. The van der Waals surface area contributed by atoms with Crippen LogP contribution in [0.1, 0.15) is 258 Å². The van der Waals surface area contributed by atoms with Crippen molar-refractivity contribution in [2.24, 2.45) is 0 Å². The fourth-order valence-electron chi connectivity index (χ4n) is 8.05. The van der Waals surface area contributed by atoms with E-state index in [0.717, 1.165) is 141 Å². The van der Waals surface area contributed by atoms with E-state index in [1.54, 1.807) is 0 Å². The largest absolute Gasteiger partial charge is 0.462 e. The first-order valence-electron chi connectivity index (χ1n) is 30.8. The molecule has 0 aliphatic rings. The lowest BCUT2D eigenvalue weighted by molar-refractivity contribution is -0.167. The monoisotopic (exact) mass is 1050 g/mol. The molecule has 0 saturated carbocycles. The van der Waals surface area contributed by atoms with E-state index in [0.29, 0.717) is 12.8 Å². The maximum Gasteiger partial charge on any atom is 0.306 e. The molecule has 6 heteroatoms. The molecule has 0 heterocycles. The van der Waals surface area contributed by atoms with Crippen LogP contribution in [0.15, 0.2) is 146 Å². The number of hydrogen-bond donors (Lipinski definition) is 0. The van der Waals surface area contributed by atoms with E-state index in [1.165, 1.54) is 70.6 Å². The van der Waals surface area contributed by atoms with E-state index in [4.69, 9.17) is 14.2 Å². The molecular formula is C70H112O6. The highest BCUT2D eigenvalue weighted by Crippen LogP contribution is 2.15. The van der Waals surface area contributed by atoms with Gasteiger partial charge in [0.05, 0.1) is 0 Å². The highest BCUT2D eigenvalue weighted by Gasteiger charge is 2.19. The Labute approximate surface area is 467 Å². The molecule has 0 saturated heterocycles. The second-order valence-corrected chi connectivity index (χ2v) is 19.9. The number of ether oxygens (including phenoxy) is 3. The van der Waals surface area contributed by atoms with Gasteiger partial charge in [-0.25, -0.2) is 0 Å². The Morgan fingerprint density at radius 2 is 0.526 bits per heavy atom. The standard InChI is InChI=1S/C70H112O6/c1-4-7-10-13-16-19-22-25-28-30-32-34-35-37-38-40-42-45-48-51-54-57-60-63-69(72)75-66-67(65-74-68(71)62-59-56-53-50-47-44-27-24-21-18-15-12-9-6-3)76-70(73)64-61-58-55-52-49-46-43-41-39-36-33-31-29-26-23-20-17-14-11-8-5-2/h7-8,10-11,16-17,19-20,25-26,28-29,32-34,36-38,41-43,45,51,54,67H,4-6,9,12-15,18,21-24,27,30-31,35,39-40,44,46-50,52-53,55-66H2,1-3H3/b10-7-,11-8-,19-16-,20-17-,28-25-,29-26-,34-32-,36-33-,38-37-,43-41-,45-42-,54-51-. The maximum absolute atomic E-state index is 12.9. The Bertz CT molecular complexity index is 1680. The molecule has 0 radical (unpaired) electrons. The fourth-order valence-corrected chi connectivity index (χ4v) is 8.05. The summed E-state index contributed by atoms with van der Waals surface area (Å²) in [5.41, 5.74) is 0. The van der Waals surface area contributed by atoms with Crippen LogP contribution in [0, 0.1) is 0 Å². The second kappa shape index (κ2) is 62.8. The van der Waals surface area contributed by atoms with E-state index < -0.39 is 6.10 Å². The highest BCUT2D eigenvalue weighted by atomic mass is 16.6. The van der Waals surface area contributed by atoms with E-state index in [2.05, 4.69) is 167 Å². The zero-order valence-electron chi connectivity index (χ0n) is 49.0. The number of carbonyl (C=O) groups excluding carboxylic acids is 3. The number of unbranched alkanes of at least 4 members (excludes halogenated alkanes) is 19. The van der Waals surface area contributed by atoms with Gasteiger partial charge in [-0.05, 0) is 116 Å². The molecule has 0 aliphatic carbocycles. The molecule has 0 aromatic heterocycles. The van der Waals surface area contributed by atoms with E-state index in [-0.39, 0.29) is 44.0 Å². The quantitative estimate of drug-likeness (QED) is 0.0261. The van der Waals surface area contributed by atoms with Crippen LogP contribution in [-0.4, -0.2) is 37.2 Å². The Morgan fingerprint density at radius 1 is 0.276 bits per heavy atom. The summed E-state index contributed by atoms with van der Waals surface area (Å²) in [6.07, 6.45) is 89.9. The second-order valence-electron chi connectivity index (χ2n) is 19.9. The van der Waals surface area contributed by atoms with Crippen LogP contribution in [0.2, 0.25) is 0 Å². The smallest absolute Gasteiger partial charge is 0.306 e. The summed E-state index contributed by atoms with van der Waals surface area (Å²) in [6, 6.07) is 0. The zero-order valence-corrected chi connectivity index (χ0v) is 49.0. The molecule has 76 heavy (non-hydrogen) atoms. The van der Waals surface area contributed by atoms with E-state index in [9.17, 15) is 14.4 Å². The number of hydrogen-bond acceptors (Lipinski definition) is 6. The van der Waals surface area contributed by atoms with Crippen molar-refractivity contribution >= 4 is 17.9 Å². The van der Waals surface area contributed by atoms with Crippen molar-refractivity contribution in [1.82, 2.24) is 0 Å². The lowest BCUT2D eigenvalue weighted by Gasteiger charge is -2.18. The van der Waals surface area contributed by atoms with Crippen molar-refractivity contribution in [3.05, 3.63) is 146 Å². The van der Waals surface area contributed by atoms with E-state index in [1.807, 2.05) is 0 Å². The first-order valence-corrected chi connectivity index (χ1v) is 30.8. The highest BCUT2D eigenvalue weighted by molar-refractivity contribution is 5.71. The van der Waals surface area contributed by atoms with E-state index >= 15 is 0 Å². The van der Waals surface area contributed by atoms with Gasteiger partial charge < -0.3 is 14.2 Å². The number of allylic oxidation sites excluding steroid dienone is 24. The van der Waals surface area contributed by atoms with Crippen molar-refractivity contribution in [3.63, 3.8) is 0 Å². The number of esters is 3. The molecule has 0 spiro atoms. The van der Waals surface area contributed by atoms with Crippen molar-refractivity contribution in [3.8, 4) is 0 Å². The Balaban J connectivity index is 4.53. The molecule has 0 aromatic carbocycles. The Morgan fingerprint density at radius 3 is 0.855 bits per heavy atom. The van der Waals surface area contributed by atoms with Gasteiger partial charge in [-0.15, -0.1) is 0 Å². The lowest BCUT2D eigenvalue weighted by atomic mass is 10.0. The van der Waals surface area contributed by atoms with Gasteiger partial charge in [0.25, 0.3) is 0 Å². The first kappa shape index (κ1) is 71.3. The Hall–Kier alpha value is -4.71. The molecule has 0 aromatic rings. The van der Waals surface area contributed by atoms with Gasteiger partial charge in [0.1, 0.15) is 13.2 Å². The normalized spacial score (nSPS) is 13.1. The van der Waals surface area contributed by atoms with Gasteiger partial charge in [-0.3, -0.25) is 14.4 Å². The van der Waals surface area contributed by atoms with Crippen molar-refractivity contribution in [2.75, 3.05) is 13.2 Å². The molecule has 0 amide bonds. The molecule has 6 nitrogen and oxygen atoms in total. The summed E-state index contributed by atoms with van der Waals surface area (Å²) in [5, 5.41) is 0. The van der Waals surface area contributed by atoms with Gasteiger partial charge >= 0.3 is 17.9 Å². The van der Waals surface area contributed by atoms with Crippen LogP contribution in [0.3, 0.4) is 0 Å². The molecule has 1 atom stereocenters. The lowest BCUT2D eigenvalue weighted by Crippen LogP contribution is -2.30. The molecular weight excluding hydrogens is 937 g/mol. The molecule has 0 N–H and O–H groups in total. The van der Waals surface area contributed by atoms with Gasteiger partial charge in [-0.1, -0.05) is 269 Å². The minimum absolute atomic E-state index is 0.108. The van der Waals surface area contributed by atoms with Gasteiger partial charge in [0.2, 0.25) is 0 Å². The minimum atomic E-state index is -0.818. The summed E-state index contributed by atoms with van der Waals surface area (Å²) in [4.78, 5) is 38.3. The topological polar surface area (TPSA) is 78.9 Å². The number of carbonyl (C=O) groups is 3. The number of rotatable bonds is 54. The Kier molecular flexibility index (Phi) is 58.9. The molecule has 1 unspecified atom stereocenters. The SMILES string of the molecule is CC/C=C\C/C=C\C/C=C\C/C=C\C/C=C\C/C=C\C/C=C\CCCC(=O)OCC(COC(=O)CCCCCCCCCCCCCCCC)OC(=O)CCCCCCC/C=C\C/C=C\C/C=C\C/C=C\C/C=C\CC. The average molecular weight is 1050 g/mol. The molecule has 428 valence electrons. The predicted molar refractivity (Wildman–Crippen MR) is 329 cm³/mol. The summed E-state index contributed by atoms with van der Waals surface area (Å²) in [7, 11) is 0. The fraction of sp³-hybridized carbons (Fsp3) is 0.614. The van der Waals surface area contributed by atoms with Gasteiger partial charge in [0.15, 0.2) is 6.10 Å². The van der Waals surface area contributed by atoms with Crippen LogP contribution in [0.4, 0.5) is 0 Å². The van der Waals surface area contributed by atoms with Gasteiger partial charge in [-0.2, -0.15) is 0 Å². The van der Waals surface area contributed by atoms with Crippen LogP contribution in [-0.2, 0) is 28.6 Å². The predicted octanol–water partition coefficient (Wildman–Crippen LogP) is 21.2. The van der Waals surface area contributed by atoms with Crippen molar-refractivity contribution in [2.45, 2.75) is 264 Å². The molecule has 0 bridgehead atoms. The maximum atomic E-state index is 12.9. The van der Waals surface area contributed by atoms with Crippen LogP contribution in [0.5, 0.6) is 0 Å². The molecule has 0 aliphatic heterocycles.